The smallest absolute Gasteiger partial charge is 0.241 e. The first-order chi connectivity index (χ1) is 2.94. The van der Waals surface area contributed by atoms with Crippen LogP contribution >= 0.6 is 0 Å². The summed E-state index contributed by atoms with van der Waals surface area (Å²) < 4.78 is 34.1. The molecule has 3 heteroatoms. The number of rotatable bonds is 1. The van der Waals surface area contributed by atoms with E-state index >= 15 is 0 Å². The molecular formula is C4H6F3. The topological polar surface area (TPSA) is 0 Å². The van der Waals surface area contributed by atoms with Gasteiger partial charge in [0.15, 0.2) is 6.17 Å². The fourth-order valence-electron chi connectivity index (χ4n) is 0. The van der Waals surface area contributed by atoms with Crippen molar-refractivity contribution in [2.24, 2.45) is 0 Å². The van der Waals surface area contributed by atoms with Crippen LogP contribution in [0.15, 0.2) is 0 Å². The minimum atomic E-state index is -3.42. The van der Waals surface area contributed by atoms with Gasteiger partial charge in [0.2, 0.25) is 0 Å². The van der Waals surface area contributed by atoms with E-state index in [1.54, 1.807) is 0 Å². The average molecular weight is 111 g/mol. The third kappa shape index (κ3) is 2.48. The molecular weight excluding hydrogens is 105 g/mol. The van der Waals surface area contributed by atoms with Crippen molar-refractivity contribution in [2.45, 2.75) is 19.0 Å². The molecule has 0 saturated heterocycles. The molecule has 0 aromatic carbocycles. The van der Waals surface area contributed by atoms with Crippen LogP contribution in [0.25, 0.3) is 0 Å². The minimum absolute atomic E-state index is 0.771. The maximum absolute atomic E-state index is 11.4. The second-order valence-corrected chi connectivity index (χ2v) is 1.38. The van der Waals surface area contributed by atoms with Gasteiger partial charge in [-0.15, -0.1) is 0 Å². The van der Waals surface area contributed by atoms with Crippen molar-refractivity contribution in [3.8, 4) is 0 Å². The van der Waals surface area contributed by atoms with Gasteiger partial charge in [0, 0.05) is 6.92 Å². The van der Waals surface area contributed by atoms with Crippen LogP contribution in [0.4, 0.5) is 13.2 Å². The Bertz CT molecular complexity index is 52.4. The van der Waals surface area contributed by atoms with Crippen molar-refractivity contribution in [3.05, 3.63) is 6.92 Å². The first-order valence-electron chi connectivity index (χ1n) is 1.82. The van der Waals surface area contributed by atoms with Gasteiger partial charge in [-0.3, -0.25) is 0 Å². The lowest BCUT2D eigenvalue weighted by atomic mass is 10.3. The highest BCUT2D eigenvalue weighted by Gasteiger charge is 2.29. The molecule has 0 aromatic rings. The summed E-state index contributed by atoms with van der Waals surface area (Å²) in [5, 5.41) is 0. The molecule has 0 aliphatic rings. The molecule has 7 heavy (non-hydrogen) atoms. The summed E-state index contributed by atoms with van der Waals surface area (Å²) in [6.45, 7) is 3.03. The molecule has 0 heterocycles. The Morgan fingerprint density at radius 3 is 1.71 bits per heavy atom. The lowest BCUT2D eigenvalue weighted by molar-refractivity contribution is -0.0216. The fraction of sp³-hybridized carbons (Fsp3) is 0.750. The second kappa shape index (κ2) is 1.72. The minimum Gasteiger partial charge on any atom is -0.241 e. The van der Waals surface area contributed by atoms with Gasteiger partial charge in [0.05, 0.1) is 0 Å². The molecule has 1 atom stereocenters. The molecule has 0 amide bonds. The molecule has 1 radical (unpaired) electrons. The predicted octanol–water partition coefficient (Wildman–Crippen LogP) is 1.81. The Hall–Kier alpha value is -0.210. The maximum atomic E-state index is 11.4. The first kappa shape index (κ1) is 6.79. The molecule has 0 aliphatic carbocycles. The van der Waals surface area contributed by atoms with Gasteiger partial charge >= 0.3 is 0 Å². The van der Waals surface area contributed by atoms with E-state index in [0.29, 0.717) is 0 Å². The third-order valence-corrected chi connectivity index (χ3v) is 0.582. The molecule has 0 nitrogen and oxygen atoms in total. The highest BCUT2D eigenvalue weighted by atomic mass is 19.3. The standard InChI is InChI=1S/C4H6F3/c1-3(5)4(2,6)7/h3H,2H2,1H3. The molecule has 0 spiro atoms. The lowest BCUT2D eigenvalue weighted by Gasteiger charge is -2.08. The predicted molar refractivity (Wildman–Crippen MR) is 20.9 cm³/mol. The van der Waals surface area contributed by atoms with E-state index in [-0.39, 0.29) is 0 Å². The van der Waals surface area contributed by atoms with E-state index in [9.17, 15) is 13.2 Å². The number of halogens is 3. The van der Waals surface area contributed by atoms with Gasteiger partial charge in [-0.25, -0.2) is 13.2 Å². The summed E-state index contributed by atoms with van der Waals surface area (Å²) in [5.74, 6) is -3.42. The van der Waals surface area contributed by atoms with Crippen molar-refractivity contribution in [3.63, 3.8) is 0 Å². The third-order valence-electron chi connectivity index (χ3n) is 0.582. The Kier molecular flexibility index (Phi) is 1.67. The Morgan fingerprint density at radius 2 is 1.71 bits per heavy atom. The molecule has 0 N–H and O–H groups in total. The van der Waals surface area contributed by atoms with Gasteiger partial charge in [-0.05, 0) is 6.92 Å². The van der Waals surface area contributed by atoms with Crippen molar-refractivity contribution in [2.75, 3.05) is 0 Å². The van der Waals surface area contributed by atoms with Crippen LogP contribution in [0.1, 0.15) is 6.92 Å². The maximum Gasteiger partial charge on any atom is 0.278 e. The summed E-state index contributed by atoms with van der Waals surface area (Å²) in [5.41, 5.74) is 0. The van der Waals surface area contributed by atoms with E-state index in [1.807, 2.05) is 0 Å². The second-order valence-electron chi connectivity index (χ2n) is 1.38. The average Bonchev–Trinajstić information content (AvgIpc) is 1.31. The molecule has 0 fully saturated rings. The zero-order valence-electron chi connectivity index (χ0n) is 3.92. The largest absolute Gasteiger partial charge is 0.278 e. The zero-order valence-corrected chi connectivity index (χ0v) is 3.92. The Balaban J connectivity index is 3.54. The molecule has 0 bridgehead atoms. The quantitative estimate of drug-likeness (QED) is 0.484. The fourth-order valence-corrected chi connectivity index (χ4v) is 0. The Morgan fingerprint density at radius 1 is 1.57 bits per heavy atom. The van der Waals surface area contributed by atoms with Crippen molar-refractivity contribution in [1.29, 1.82) is 0 Å². The lowest BCUT2D eigenvalue weighted by Crippen LogP contribution is -2.22. The molecule has 0 aromatic heterocycles. The van der Waals surface area contributed by atoms with Crippen LogP contribution < -0.4 is 0 Å². The van der Waals surface area contributed by atoms with Crippen LogP contribution in [0.3, 0.4) is 0 Å². The van der Waals surface area contributed by atoms with E-state index in [4.69, 9.17) is 0 Å². The van der Waals surface area contributed by atoms with Crippen LogP contribution in [-0.2, 0) is 0 Å². The number of hydrogen-bond donors (Lipinski definition) is 0. The van der Waals surface area contributed by atoms with Gasteiger partial charge in [0.1, 0.15) is 0 Å². The van der Waals surface area contributed by atoms with Crippen LogP contribution in [0, 0.1) is 6.92 Å². The summed E-state index contributed by atoms with van der Waals surface area (Å²) in [4.78, 5) is 0. The highest BCUT2D eigenvalue weighted by molar-refractivity contribution is 4.74. The Labute approximate surface area is 40.3 Å². The first-order valence-corrected chi connectivity index (χ1v) is 1.82. The summed E-state index contributed by atoms with van der Waals surface area (Å²) in [6, 6.07) is 0. The van der Waals surface area contributed by atoms with Gasteiger partial charge < -0.3 is 0 Å². The van der Waals surface area contributed by atoms with Crippen LogP contribution in [-0.4, -0.2) is 12.1 Å². The SMILES string of the molecule is [CH2]C(F)(F)C(C)F. The van der Waals surface area contributed by atoms with E-state index < -0.39 is 12.1 Å². The summed E-state index contributed by atoms with van der Waals surface area (Å²) in [6.07, 6.45) is -2.15. The van der Waals surface area contributed by atoms with E-state index in [2.05, 4.69) is 6.92 Å². The van der Waals surface area contributed by atoms with E-state index in [0.717, 1.165) is 6.92 Å². The molecule has 0 aliphatic heterocycles. The molecule has 43 valence electrons. The van der Waals surface area contributed by atoms with Crippen LogP contribution in [0.5, 0.6) is 0 Å². The number of hydrogen-bond acceptors (Lipinski definition) is 0. The van der Waals surface area contributed by atoms with Gasteiger partial charge in [-0.2, -0.15) is 0 Å². The molecule has 0 rings (SSSR count). The summed E-state index contributed by atoms with van der Waals surface area (Å²) >= 11 is 0. The van der Waals surface area contributed by atoms with Crippen LogP contribution in [0.2, 0.25) is 0 Å². The van der Waals surface area contributed by atoms with E-state index in [1.165, 1.54) is 0 Å². The molecule has 1 unspecified atom stereocenters. The monoisotopic (exact) mass is 111 g/mol. The zero-order chi connectivity index (χ0) is 6.08. The molecule has 0 saturated carbocycles. The highest BCUT2D eigenvalue weighted by Crippen LogP contribution is 2.18. The van der Waals surface area contributed by atoms with Crippen molar-refractivity contribution >= 4 is 0 Å². The van der Waals surface area contributed by atoms with Crippen molar-refractivity contribution in [1.82, 2.24) is 0 Å². The normalized spacial score (nSPS) is 16.7. The van der Waals surface area contributed by atoms with Crippen molar-refractivity contribution < 1.29 is 13.2 Å². The number of alkyl halides is 3. The van der Waals surface area contributed by atoms with Gasteiger partial charge in [-0.1, -0.05) is 0 Å². The summed E-state index contributed by atoms with van der Waals surface area (Å²) in [7, 11) is 0. The van der Waals surface area contributed by atoms with Gasteiger partial charge in [0.25, 0.3) is 5.92 Å².